The highest BCUT2D eigenvalue weighted by atomic mass is 35.5. The van der Waals surface area contributed by atoms with E-state index in [2.05, 4.69) is 17.2 Å². The number of piperidine rings is 1. The van der Waals surface area contributed by atoms with Gasteiger partial charge < -0.3 is 16.0 Å². The zero-order valence-corrected chi connectivity index (χ0v) is 21.9. The van der Waals surface area contributed by atoms with Crippen molar-refractivity contribution in [1.29, 1.82) is 0 Å². The first-order valence-corrected chi connectivity index (χ1v) is 11.4. The number of benzene rings is 2. The van der Waals surface area contributed by atoms with Crippen LogP contribution in [-0.4, -0.2) is 30.0 Å². The molecule has 1 saturated heterocycles. The molecule has 2 heterocycles. The van der Waals surface area contributed by atoms with E-state index in [4.69, 9.17) is 5.73 Å². The Hall–Kier alpha value is -2.88. The zero-order chi connectivity index (χ0) is 25.3. The summed E-state index contributed by atoms with van der Waals surface area (Å²) >= 11 is 0. The summed E-state index contributed by atoms with van der Waals surface area (Å²) in [6, 6.07) is 5.47. The fourth-order valence-electron chi connectivity index (χ4n) is 4.57. The van der Waals surface area contributed by atoms with E-state index in [0.717, 1.165) is 30.7 Å². The Morgan fingerprint density at radius 1 is 1.05 bits per heavy atom. The van der Waals surface area contributed by atoms with Gasteiger partial charge in [-0.15, -0.1) is 24.8 Å². The van der Waals surface area contributed by atoms with Crippen LogP contribution in [0.5, 0.6) is 0 Å². The Bertz CT molecular complexity index is 1240. The third kappa shape index (κ3) is 6.34. The Morgan fingerprint density at radius 2 is 1.73 bits per heavy atom. The number of anilines is 2. The summed E-state index contributed by atoms with van der Waals surface area (Å²) in [6.07, 6.45) is 4.20. The molecule has 1 aromatic heterocycles. The van der Waals surface area contributed by atoms with E-state index in [1.165, 1.54) is 6.20 Å². The number of nitrogens with zero attached hydrogens (tertiary/aromatic N) is 2. The highest BCUT2D eigenvalue weighted by Gasteiger charge is 2.27. The lowest BCUT2D eigenvalue weighted by molar-refractivity contribution is 0.102. The van der Waals surface area contributed by atoms with Crippen LogP contribution in [0, 0.1) is 29.2 Å². The van der Waals surface area contributed by atoms with Crippen molar-refractivity contribution in [1.82, 2.24) is 4.98 Å². The van der Waals surface area contributed by atoms with E-state index in [-0.39, 0.29) is 30.9 Å². The molecule has 1 aliphatic heterocycles. The first-order chi connectivity index (χ1) is 16.7. The molecule has 0 saturated carbocycles. The fraction of sp³-hybridized carbons (Fsp3) is 0.308. The number of pyridine rings is 1. The molecule has 4 rings (SSSR count). The van der Waals surface area contributed by atoms with Crippen LogP contribution in [0.15, 0.2) is 42.7 Å². The minimum atomic E-state index is -1.36. The zero-order valence-electron chi connectivity index (χ0n) is 20.2. The molecule has 2 aromatic carbocycles. The number of halogens is 6. The van der Waals surface area contributed by atoms with Crippen molar-refractivity contribution in [2.45, 2.75) is 32.7 Å². The second-order valence-electron chi connectivity index (χ2n) is 8.92. The smallest absolute Gasteiger partial charge is 0.258 e. The standard InChI is InChI=1S/C26H26F4N4O.2ClH/c1-3-15-9-19(28)23(20(29)10-15)24-18(27)5-4-17(25(24)30)26(35)33-21-11-32-7-6-22(21)34-12-14(2)8-16(31)13-34;;/h4-7,9-11,14,16H,3,8,12-13,31H2,1-2H3,(H,33,35);2*1H/t14-,16+;;/m1../s1. The first kappa shape index (κ1) is 30.3. The number of carbonyl (C=O) groups is 1. The maximum atomic E-state index is 15.4. The lowest BCUT2D eigenvalue weighted by Crippen LogP contribution is -2.46. The van der Waals surface area contributed by atoms with Crippen LogP contribution < -0.4 is 16.0 Å². The molecule has 3 N–H and O–H groups in total. The number of aromatic nitrogens is 1. The third-order valence-electron chi connectivity index (χ3n) is 6.17. The van der Waals surface area contributed by atoms with E-state index < -0.39 is 45.9 Å². The molecule has 11 heteroatoms. The average molecular weight is 559 g/mol. The maximum absolute atomic E-state index is 15.4. The SMILES string of the molecule is CCc1cc(F)c(-c2c(F)ccc(C(=O)Nc3cnccc3N3C[C@H](C)C[C@H](N)C3)c2F)c(F)c1.Cl.Cl. The summed E-state index contributed by atoms with van der Waals surface area (Å²) in [5.41, 5.74) is 5.12. The lowest BCUT2D eigenvalue weighted by atomic mass is 9.96. The molecule has 1 amide bonds. The van der Waals surface area contributed by atoms with Crippen molar-refractivity contribution in [3.8, 4) is 11.1 Å². The topological polar surface area (TPSA) is 71.2 Å². The number of hydrogen-bond donors (Lipinski definition) is 2. The van der Waals surface area contributed by atoms with E-state index in [9.17, 15) is 18.0 Å². The number of carbonyl (C=O) groups excluding carboxylic acids is 1. The van der Waals surface area contributed by atoms with Crippen molar-refractivity contribution < 1.29 is 22.4 Å². The molecule has 37 heavy (non-hydrogen) atoms. The summed E-state index contributed by atoms with van der Waals surface area (Å²) in [7, 11) is 0. The fourth-order valence-corrected chi connectivity index (χ4v) is 4.57. The normalized spacial score (nSPS) is 17.0. The molecule has 3 aromatic rings. The second kappa shape index (κ2) is 12.6. The summed E-state index contributed by atoms with van der Waals surface area (Å²) in [5.74, 6) is -5.33. The Morgan fingerprint density at radius 3 is 2.35 bits per heavy atom. The van der Waals surface area contributed by atoms with Gasteiger partial charge in [0, 0.05) is 25.3 Å². The van der Waals surface area contributed by atoms with Gasteiger partial charge in [0.05, 0.1) is 34.3 Å². The minimum Gasteiger partial charge on any atom is -0.368 e. The summed E-state index contributed by atoms with van der Waals surface area (Å²) in [5, 5.41) is 2.61. The van der Waals surface area contributed by atoms with Gasteiger partial charge in [0.2, 0.25) is 0 Å². The van der Waals surface area contributed by atoms with Gasteiger partial charge in [0.1, 0.15) is 23.3 Å². The average Bonchev–Trinajstić information content (AvgIpc) is 2.80. The summed E-state index contributed by atoms with van der Waals surface area (Å²) in [4.78, 5) is 19.1. The number of nitrogens with one attached hydrogen (secondary N) is 1. The Labute approximate surface area is 225 Å². The number of aryl methyl sites for hydroxylation is 1. The number of rotatable bonds is 5. The van der Waals surface area contributed by atoms with Gasteiger partial charge in [-0.05, 0) is 54.7 Å². The monoisotopic (exact) mass is 558 g/mol. The largest absolute Gasteiger partial charge is 0.368 e. The van der Waals surface area contributed by atoms with Gasteiger partial charge in [0.25, 0.3) is 5.91 Å². The maximum Gasteiger partial charge on any atom is 0.258 e. The van der Waals surface area contributed by atoms with Crippen molar-refractivity contribution in [2.75, 3.05) is 23.3 Å². The van der Waals surface area contributed by atoms with Crippen LogP contribution in [0.3, 0.4) is 0 Å². The van der Waals surface area contributed by atoms with E-state index in [0.29, 0.717) is 42.4 Å². The highest BCUT2D eigenvalue weighted by molar-refractivity contribution is 6.06. The van der Waals surface area contributed by atoms with Crippen LogP contribution in [-0.2, 0) is 6.42 Å². The molecule has 1 aliphatic rings. The third-order valence-corrected chi connectivity index (χ3v) is 6.17. The van der Waals surface area contributed by atoms with Crippen LogP contribution in [0.4, 0.5) is 28.9 Å². The predicted molar refractivity (Wildman–Crippen MR) is 142 cm³/mol. The minimum absolute atomic E-state index is 0. The highest BCUT2D eigenvalue weighted by Crippen LogP contribution is 2.34. The predicted octanol–water partition coefficient (Wildman–Crippen LogP) is 6.14. The summed E-state index contributed by atoms with van der Waals surface area (Å²) < 4.78 is 59.3. The van der Waals surface area contributed by atoms with Crippen molar-refractivity contribution in [2.24, 2.45) is 11.7 Å². The van der Waals surface area contributed by atoms with E-state index in [1.807, 2.05) is 4.90 Å². The van der Waals surface area contributed by atoms with Gasteiger partial charge in [-0.25, -0.2) is 17.6 Å². The van der Waals surface area contributed by atoms with Gasteiger partial charge in [-0.2, -0.15) is 0 Å². The van der Waals surface area contributed by atoms with Crippen LogP contribution >= 0.6 is 24.8 Å². The van der Waals surface area contributed by atoms with Crippen LogP contribution in [0.1, 0.15) is 36.2 Å². The van der Waals surface area contributed by atoms with Gasteiger partial charge in [0.15, 0.2) is 0 Å². The molecule has 1 fully saturated rings. The number of hydrogen-bond acceptors (Lipinski definition) is 4. The molecule has 0 spiro atoms. The number of amides is 1. The number of nitrogens with two attached hydrogens (primary N) is 1. The van der Waals surface area contributed by atoms with Crippen LogP contribution in [0.25, 0.3) is 11.1 Å². The van der Waals surface area contributed by atoms with Gasteiger partial charge in [-0.3, -0.25) is 9.78 Å². The Kier molecular flexibility index (Phi) is 10.3. The van der Waals surface area contributed by atoms with Gasteiger partial charge >= 0.3 is 0 Å². The molecule has 0 radical (unpaired) electrons. The van der Waals surface area contributed by atoms with Crippen LogP contribution in [0.2, 0.25) is 0 Å². The van der Waals surface area contributed by atoms with Crippen molar-refractivity contribution in [3.05, 3.63) is 77.1 Å². The molecule has 5 nitrogen and oxygen atoms in total. The molecule has 0 bridgehead atoms. The quantitative estimate of drug-likeness (QED) is 0.369. The molecular weight excluding hydrogens is 531 g/mol. The molecule has 0 unspecified atom stereocenters. The lowest BCUT2D eigenvalue weighted by Gasteiger charge is -2.37. The summed E-state index contributed by atoms with van der Waals surface area (Å²) in [6.45, 7) is 5.05. The molecular formula is C26H28Cl2F4N4O. The molecule has 0 aliphatic carbocycles. The van der Waals surface area contributed by atoms with Crippen molar-refractivity contribution in [3.63, 3.8) is 0 Å². The Balaban J connectivity index is 0.00000241. The first-order valence-electron chi connectivity index (χ1n) is 11.4. The molecule has 2 atom stereocenters. The van der Waals surface area contributed by atoms with Crippen molar-refractivity contribution >= 4 is 42.1 Å². The van der Waals surface area contributed by atoms with E-state index in [1.54, 1.807) is 19.2 Å². The second-order valence-corrected chi connectivity index (χ2v) is 8.92. The molecule has 200 valence electrons. The van der Waals surface area contributed by atoms with E-state index >= 15 is 4.39 Å². The van der Waals surface area contributed by atoms with Gasteiger partial charge in [-0.1, -0.05) is 13.8 Å².